The van der Waals surface area contributed by atoms with Crippen LogP contribution in [0.15, 0.2) is 132 Å². The molecule has 5 nitrogen and oxygen atoms in total. The molecule has 0 aliphatic carbocycles. The Hall–Kier alpha value is -6.04. The van der Waals surface area contributed by atoms with E-state index in [4.69, 9.17) is 11.3 Å². The summed E-state index contributed by atoms with van der Waals surface area (Å²) in [5, 5.41) is 14.4. The summed E-state index contributed by atoms with van der Waals surface area (Å²) in [5.41, 5.74) is 7.33. The molecule has 47 heavy (non-hydrogen) atoms. The first-order valence-corrected chi connectivity index (χ1v) is 16.0. The van der Waals surface area contributed by atoms with Crippen molar-refractivity contribution in [2.45, 2.75) is 27.7 Å². The van der Waals surface area contributed by atoms with E-state index in [1.165, 1.54) is 43.6 Å². The van der Waals surface area contributed by atoms with Crippen LogP contribution in [0.5, 0.6) is 0 Å². The van der Waals surface area contributed by atoms with Crippen LogP contribution < -0.4 is 0 Å². The third-order valence-electron chi connectivity index (χ3n) is 8.08. The van der Waals surface area contributed by atoms with Gasteiger partial charge in [0.2, 0.25) is 0 Å². The molecule has 3 heterocycles. The zero-order chi connectivity index (χ0) is 33.5. The predicted molar refractivity (Wildman–Crippen MR) is 198 cm³/mol. The van der Waals surface area contributed by atoms with Crippen molar-refractivity contribution in [3.8, 4) is 6.07 Å². The van der Waals surface area contributed by atoms with Crippen LogP contribution >= 0.6 is 0 Å². The van der Waals surface area contributed by atoms with Gasteiger partial charge in [-0.3, -0.25) is 0 Å². The van der Waals surface area contributed by atoms with E-state index in [2.05, 4.69) is 113 Å². The van der Waals surface area contributed by atoms with Crippen molar-refractivity contribution in [2.75, 3.05) is 0 Å². The maximum Gasteiger partial charge on any atom is 0.269 e. The van der Waals surface area contributed by atoms with Gasteiger partial charge in [-0.25, -0.2) is 10.1 Å². The van der Waals surface area contributed by atoms with E-state index in [0.29, 0.717) is 17.1 Å². The summed E-state index contributed by atoms with van der Waals surface area (Å²) < 4.78 is 10.6. The lowest BCUT2D eigenvalue weighted by atomic mass is 10.1. The molecule has 0 atom stereocenters. The summed E-state index contributed by atoms with van der Waals surface area (Å²) in [4.78, 5) is 3.44. The Kier molecular flexibility index (Phi) is 9.90. The molecule has 2 aromatic heterocycles. The molecular weight excluding hydrogens is 576 g/mol. The molecule has 0 bridgehead atoms. The molecule has 0 saturated carbocycles. The molecule has 1 aliphatic rings. The summed E-state index contributed by atoms with van der Waals surface area (Å²) in [6.45, 7) is 15.5. The number of nitriles is 1. The van der Waals surface area contributed by atoms with Gasteiger partial charge in [0.05, 0.1) is 12.6 Å². The van der Waals surface area contributed by atoms with E-state index in [9.17, 15) is 5.26 Å². The highest BCUT2D eigenvalue weighted by Crippen LogP contribution is 2.31. The lowest BCUT2D eigenvalue weighted by molar-refractivity contribution is 0.332. The molecule has 7 rings (SSSR count). The SMILES string of the molecule is CC.CC.[C-]#[N+]C(C#N)=C1C=C(/C=C/c2ccc3c(c2)c2ccccc2n3C)OC(/C=C/c2ccc3c(c2)c2ccccc2n3C)=C1. The van der Waals surface area contributed by atoms with Gasteiger partial charge in [0.15, 0.2) is 0 Å². The van der Waals surface area contributed by atoms with E-state index in [1.54, 1.807) is 12.2 Å². The second-order valence-corrected chi connectivity index (χ2v) is 10.6. The zero-order valence-electron chi connectivity index (χ0n) is 27.7. The fourth-order valence-corrected chi connectivity index (χ4v) is 5.93. The van der Waals surface area contributed by atoms with Gasteiger partial charge < -0.3 is 13.9 Å². The second-order valence-electron chi connectivity index (χ2n) is 10.6. The highest BCUT2D eigenvalue weighted by Gasteiger charge is 2.13. The second kappa shape index (κ2) is 14.4. The van der Waals surface area contributed by atoms with Crippen molar-refractivity contribution in [2.24, 2.45) is 14.1 Å². The smallest absolute Gasteiger partial charge is 0.269 e. The Balaban J connectivity index is 0.00000105. The standard InChI is InChI=1S/C38H26N4O.2C2H6/c1-40-34(24-39)27-22-28(16-12-25-14-18-37-32(20-25)30-8-4-6-10-35(30)41(37)2)43-29(23-27)17-13-26-15-19-38-33(21-26)31-9-5-7-11-36(31)42(38)3;2*1-2/h4-23H,2-3H3;2*1-2H3/b16-12+,17-13+;;. The van der Waals surface area contributed by atoms with Crippen LogP contribution in [-0.4, -0.2) is 9.13 Å². The Bertz CT molecular complexity index is 2190. The van der Waals surface area contributed by atoms with E-state index in [0.717, 1.165) is 11.1 Å². The topological polar surface area (TPSA) is 47.2 Å². The van der Waals surface area contributed by atoms with Gasteiger partial charge in [0.1, 0.15) is 11.5 Å². The van der Waals surface area contributed by atoms with Crippen molar-refractivity contribution in [1.82, 2.24) is 9.13 Å². The van der Waals surface area contributed by atoms with Crippen LogP contribution in [-0.2, 0) is 18.8 Å². The van der Waals surface area contributed by atoms with Gasteiger partial charge in [0, 0.05) is 57.7 Å². The van der Waals surface area contributed by atoms with Crippen LogP contribution in [0.3, 0.4) is 0 Å². The fraction of sp³-hybridized carbons (Fsp3) is 0.143. The minimum atomic E-state index is 0.0226. The van der Waals surface area contributed by atoms with E-state index < -0.39 is 0 Å². The summed E-state index contributed by atoms with van der Waals surface area (Å²) in [6.07, 6.45) is 11.2. The monoisotopic (exact) mass is 614 g/mol. The number of nitrogens with zero attached hydrogens (tertiary/aromatic N) is 4. The van der Waals surface area contributed by atoms with E-state index >= 15 is 0 Å². The third-order valence-corrected chi connectivity index (χ3v) is 8.08. The minimum Gasteiger partial charge on any atom is -0.457 e. The lowest BCUT2D eigenvalue weighted by Gasteiger charge is -2.14. The van der Waals surface area contributed by atoms with Gasteiger partial charge >= 0.3 is 0 Å². The number of aryl methyl sites for hydroxylation is 2. The van der Waals surface area contributed by atoms with Crippen molar-refractivity contribution in [1.29, 1.82) is 5.26 Å². The number of allylic oxidation sites excluding steroid dienone is 6. The average molecular weight is 615 g/mol. The molecule has 0 amide bonds. The first-order valence-electron chi connectivity index (χ1n) is 16.0. The molecule has 0 saturated heterocycles. The number of para-hydroxylation sites is 2. The predicted octanol–water partition coefficient (Wildman–Crippen LogP) is 11.3. The van der Waals surface area contributed by atoms with Crippen LogP contribution in [0.25, 0.3) is 60.6 Å². The molecule has 0 fully saturated rings. The summed E-state index contributed by atoms with van der Waals surface area (Å²) in [6, 6.07) is 31.6. The van der Waals surface area contributed by atoms with Crippen molar-refractivity contribution >= 4 is 55.8 Å². The molecular formula is C42H38N4O. The average Bonchev–Trinajstić information content (AvgIpc) is 3.58. The Morgan fingerprint density at radius 3 is 1.49 bits per heavy atom. The first kappa shape index (κ1) is 32.4. The van der Waals surface area contributed by atoms with Crippen LogP contribution in [0.4, 0.5) is 0 Å². The van der Waals surface area contributed by atoms with Crippen LogP contribution in [0.2, 0.25) is 0 Å². The van der Waals surface area contributed by atoms with Gasteiger partial charge in [0.25, 0.3) is 5.70 Å². The first-order chi connectivity index (χ1) is 23.0. The quantitative estimate of drug-likeness (QED) is 0.146. The number of fused-ring (bicyclic) bond motifs is 6. The number of benzene rings is 4. The summed E-state index contributed by atoms with van der Waals surface area (Å²) in [5.74, 6) is 1.10. The van der Waals surface area contributed by atoms with E-state index in [1.807, 2.05) is 58.1 Å². The number of aromatic nitrogens is 2. The molecule has 4 aromatic carbocycles. The zero-order valence-corrected chi connectivity index (χ0v) is 27.7. The van der Waals surface area contributed by atoms with Gasteiger partial charge in [-0.1, -0.05) is 88.4 Å². The summed E-state index contributed by atoms with van der Waals surface area (Å²) >= 11 is 0. The number of ether oxygens (including phenoxy) is 1. The molecule has 232 valence electrons. The molecule has 5 heteroatoms. The highest BCUT2D eigenvalue weighted by atomic mass is 16.5. The molecule has 0 radical (unpaired) electrons. The lowest BCUT2D eigenvalue weighted by Crippen LogP contribution is -1.98. The largest absolute Gasteiger partial charge is 0.457 e. The van der Waals surface area contributed by atoms with Gasteiger partial charge in [-0.05, 0) is 77.4 Å². The van der Waals surface area contributed by atoms with Crippen molar-refractivity contribution < 1.29 is 4.74 Å². The maximum absolute atomic E-state index is 9.58. The summed E-state index contributed by atoms with van der Waals surface area (Å²) in [7, 11) is 4.17. The highest BCUT2D eigenvalue weighted by molar-refractivity contribution is 6.09. The molecule has 0 N–H and O–H groups in total. The molecule has 0 unspecified atom stereocenters. The number of hydrogen-bond acceptors (Lipinski definition) is 2. The normalized spacial score (nSPS) is 12.6. The van der Waals surface area contributed by atoms with Gasteiger partial charge in [-0.15, -0.1) is 0 Å². The fourth-order valence-electron chi connectivity index (χ4n) is 5.93. The van der Waals surface area contributed by atoms with Crippen molar-refractivity contribution in [3.05, 3.63) is 155 Å². The number of hydrogen-bond donors (Lipinski definition) is 0. The molecule has 0 spiro atoms. The minimum absolute atomic E-state index is 0.0226. The van der Waals surface area contributed by atoms with Crippen LogP contribution in [0, 0.1) is 17.9 Å². The van der Waals surface area contributed by atoms with E-state index in [-0.39, 0.29) is 5.70 Å². The van der Waals surface area contributed by atoms with Gasteiger partial charge in [-0.2, -0.15) is 0 Å². The molecule has 6 aromatic rings. The maximum atomic E-state index is 9.58. The Morgan fingerprint density at radius 1 is 0.638 bits per heavy atom. The molecule has 1 aliphatic heterocycles. The number of rotatable bonds is 4. The Morgan fingerprint density at radius 2 is 1.06 bits per heavy atom. The van der Waals surface area contributed by atoms with Crippen molar-refractivity contribution in [3.63, 3.8) is 0 Å². The third kappa shape index (κ3) is 6.25. The van der Waals surface area contributed by atoms with Crippen LogP contribution in [0.1, 0.15) is 38.8 Å². The Labute approximate surface area is 276 Å².